The van der Waals surface area contributed by atoms with Gasteiger partial charge in [0.15, 0.2) is 0 Å². The second kappa shape index (κ2) is 16.0. The third-order valence-electron chi connectivity index (χ3n) is 5.96. The van der Waals surface area contributed by atoms with Crippen molar-refractivity contribution in [2.24, 2.45) is 5.92 Å². The summed E-state index contributed by atoms with van der Waals surface area (Å²) >= 11 is 0. The molecule has 0 N–H and O–H groups in total. The fourth-order valence-electron chi connectivity index (χ4n) is 4.20. The van der Waals surface area contributed by atoms with Gasteiger partial charge in [-0.15, -0.1) is 0 Å². The number of ether oxygens (including phenoxy) is 1. The number of esters is 1. The van der Waals surface area contributed by atoms with E-state index in [-0.39, 0.29) is 54.7 Å². The van der Waals surface area contributed by atoms with Gasteiger partial charge in [-0.3, -0.25) is 19.2 Å². The van der Waals surface area contributed by atoms with E-state index in [1.807, 2.05) is 6.92 Å². The zero-order chi connectivity index (χ0) is 23.1. The van der Waals surface area contributed by atoms with Gasteiger partial charge in [0.2, 0.25) is 5.91 Å². The Hall–Kier alpha value is -1.72. The van der Waals surface area contributed by atoms with Crippen molar-refractivity contribution in [3.05, 3.63) is 0 Å². The highest BCUT2D eigenvalue weighted by Crippen LogP contribution is 2.21. The van der Waals surface area contributed by atoms with Crippen LogP contribution >= 0.6 is 0 Å². The average Bonchev–Trinajstić information content (AvgIpc) is 3.16. The molecule has 0 bridgehead atoms. The fraction of sp³-hybridized carbons (Fsp3) is 0.840. The highest BCUT2D eigenvalue weighted by Gasteiger charge is 2.28. The van der Waals surface area contributed by atoms with Gasteiger partial charge < -0.3 is 9.64 Å². The number of rotatable bonds is 17. The molecule has 0 aromatic rings. The summed E-state index contributed by atoms with van der Waals surface area (Å²) < 4.78 is 5.54. The highest BCUT2D eigenvalue weighted by molar-refractivity contribution is 5.83. The minimum atomic E-state index is -0.367. The number of nitrogens with zero attached hydrogens (tertiary/aromatic N) is 1. The van der Waals surface area contributed by atoms with Crippen LogP contribution in [-0.4, -0.2) is 47.5 Å². The van der Waals surface area contributed by atoms with Crippen molar-refractivity contribution >= 4 is 23.4 Å². The molecule has 0 aromatic carbocycles. The van der Waals surface area contributed by atoms with Gasteiger partial charge in [0.25, 0.3) is 0 Å². The van der Waals surface area contributed by atoms with E-state index in [1.165, 1.54) is 32.6 Å². The summed E-state index contributed by atoms with van der Waals surface area (Å²) in [6.07, 6.45) is 10.9. The van der Waals surface area contributed by atoms with Gasteiger partial charge in [-0.05, 0) is 18.8 Å². The summed E-state index contributed by atoms with van der Waals surface area (Å²) in [5.41, 5.74) is 0. The molecule has 178 valence electrons. The second-order valence-corrected chi connectivity index (χ2v) is 9.04. The number of carbonyl (C=O) groups is 4. The van der Waals surface area contributed by atoms with E-state index in [1.54, 1.807) is 4.90 Å². The predicted octanol–water partition coefficient (Wildman–Crippen LogP) is 5.02. The van der Waals surface area contributed by atoms with Gasteiger partial charge in [-0.2, -0.15) is 0 Å². The van der Waals surface area contributed by atoms with Crippen molar-refractivity contribution in [3.8, 4) is 0 Å². The summed E-state index contributed by atoms with van der Waals surface area (Å²) in [5.74, 6) is -0.424. The Morgan fingerprint density at radius 1 is 0.839 bits per heavy atom. The number of unbranched alkanes of at least 4 members (excludes halogenated alkanes) is 6. The lowest BCUT2D eigenvalue weighted by molar-refractivity contribution is -0.150. The van der Waals surface area contributed by atoms with Crippen LogP contribution in [0, 0.1) is 5.92 Å². The monoisotopic (exact) mass is 437 g/mol. The smallest absolute Gasteiger partial charge is 0.306 e. The fourth-order valence-corrected chi connectivity index (χ4v) is 4.20. The highest BCUT2D eigenvalue weighted by atomic mass is 16.5. The van der Waals surface area contributed by atoms with E-state index in [0.29, 0.717) is 32.4 Å². The zero-order valence-electron chi connectivity index (χ0n) is 20.0. The normalized spacial score (nSPS) is 16.9. The van der Waals surface area contributed by atoms with Crippen molar-refractivity contribution in [3.63, 3.8) is 0 Å². The molecule has 31 heavy (non-hydrogen) atoms. The van der Waals surface area contributed by atoms with Crippen LogP contribution in [0.15, 0.2) is 0 Å². The number of hydrogen-bond donors (Lipinski definition) is 0. The Kier molecular flexibility index (Phi) is 14.1. The molecule has 0 radical (unpaired) electrons. The molecule has 1 amide bonds. The second-order valence-electron chi connectivity index (χ2n) is 9.04. The van der Waals surface area contributed by atoms with Gasteiger partial charge in [0.1, 0.15) is 17.7 Å². The number of ketones is 2. The quantitative estimate of drug-likeness (QED) is 0.236. The van der Waals surface area contributed by atoms with E-state index in [4.69, 9.17) is 4.74 Å². The van der Waals surface area contributed by atoms with Crippen LogP contribution < -0.4 is 0 Å². The number of carbonyl (C=O) groups excluding carboxylic acids is 4. The molecule has 1 aliphatic heterocycles. The molecule has 2 unspecified atom stereocenters. The molecule has 1 saturated heterocycles. The lowest BCUT2D eigenvalue weighted by Gasteiger charge is -2.18. The minimum absolute atomic E-state index is 0.0162. The van der Waals surface area contributed by atoms with E-state index in [2.05, 4.69) is 6.92 Å². The van der Waals surface area contributed by atoms with Crippen LogP contribution in [0.5, 0.6) is 0 Å². The third kappa shape index (κ3) is 12.7. The van der Waals surface area contributed by atoms with Gasteiger partial charge in [0, 0.05) is 52.0 Å². The van der Waals surface area contributed by atoms with Crippen molar-refractivity contribution < 1.29 is 23.9 Å². The standard InChI is InChI=1S/C25H43NO5/c1-4-6-7-8-9-10-11-13-23(29)17-21(16-22(28)12-5-2)18-25(30)31-24-14-15-26(19-24)20(3)27/h21,24H,4-19H2,1-3H3. The average molecular weight is 438 g/mol. The Balaban J connectivity index is 2.43. The Labute approximate surface area is 188 Å². The zero-order valence-corrected chi connectivity index (χ0v) is 20.0. The van der Waals surface area contributed by atoms with Crippen LogP contribution in [0.3, 0.4) is 0 Å². The molecule has 0 saturated carbocycles. The SMILES string of the molecule is CCCCCCCCCC(=O)CC(CC(=O)CCC)CC(=O)OC1CCN(C(C)=O)C1. The number of Topliss-reactive ketones (excluding diaryl/α,β-unsaturated/α-hetero) is 2. The third-order valence-corrected chi connectivity index (χ3v) is 5.96. The molecule has 0 aliphatic carbocycles. The van der Waals surface area contributed by atoms with Crippen molar-refractivity contribution in [2.45, 2.75) is 117 Å². The molecular weight excluding hydrogens is 394 g/mol. The van der Waals surface area contributed by atoms with Crippen LogP contribution in [0.25, 0.3) is 0 Å². The molecule has 1 aliphatic rings. The number of likely N-dealkylation sites (tertiary alicyclic amines) is 1. The molecular formula is C25H43NO5. The Morgan fingerprint density at radius 3 is 2.03 bits per heavy atom. The van der Waals surface area contributed by atoms with E-state index in [9.17, 15) is 19.2 Å². The lowest BCUT2D eigenvalue weighted by Crippen LogP contribution is -2.29. The first-order valence-corrected chi connectivity index (χ1v) is 12.3. The molecule has 0 aromatic heterocycles. The lowest BCUT2D eigenvalue weighted by atomic mass is 9.90. The maximum Gasteiger partial charge on any atom is 0.306 e. The van der Waals surface area contributed by atoms with Crippen LogP contribution in [-0.2, 0) is 23.9 Å². The largest absolute Gasteiger partial charge is 0.460 e. The molecule has 0 spiro atoms. The molecule has 2 atom stereocenters. The van der Waals surface area contributed by atoms with E-state index in [0.717, 1.165) is 25.7 Å². The molecule has 6 heteroatoms. The summed E-state index contributed by atoms with van der Waals surface area (Å²) in [5, 5.41) is 0. The summed E-state index contributed by atoms with van der Waals surface area (Å²) in [6, 6.07) is 0. The summed E-state index contributed by atoms with van der Waals surface area (Å²) in [4.78, 5) is 50.2. The van der Waals surface area contributed by atoms with E-state index >= 15 is 0 Å². The first-order chi connectivity index (χ1) is 14.8. The molecule has 6 nitrogen and oxygen atoms in total. The van der Waals surface area contributed by atoms with Crippen molar-refractivity contribution in [2.75, 3.05) is 13.1 Å². The summed E-state index contributed by atoms with van der Waals surface area (Å²) in [7, 11) is 0. The minimum Gasteiger partial charge on any atom is -0.460 e. The van der Waals surface area contributed by atoms with Gasteiger partial charge in [-0.1, -0.05) is 52.4 Å². The van der Waals surface area contributed by atoms with Crippen LogP contribution in [0.4, 0.5) is 0 Å². The molecule has 1 fully saturated rings. The van der Waals surface area contributed by atoms with Crippen LogP contribution in [0.2, 0.25) is 0 Å². The molecule has 1 heterocycles. The summed E-state index contributed by atoms with van der Waals surface area (Å²) in [6.45, 7) is 6.69. The first kappa shape index (κ1) is 27.3. The molecule has 1 rings (SSSR count). The predicted molar refractivity (Wildman–Crippen MR) is 122 cm³/mol. The van der Waals surface area contributed by atoms with Crippen molar-refractivity contribution in [1.29, 1.82) is 0 Å². The van der Waals surface area contributed by atoms with Crippen LogP contribution in [0.1, 0.15) is 111 Å². The maximum atomic E-state index is 12.5. The van der Waals surface area contributed by atoms with Gasteiger partial charge in [-0.25, -0.2) is 0 Å². The van der Waals surface area contributed by atoms with Gasteiger partial charge >= 0.3 is 5.97 Å². The topological polar surface area (TPSA) is 80.8 Å². The van der Waals surface area contributed by atoms with E-state index < -0.39 is 0 Å². The maximum absolute atomic E-state index is 12.5. The Bertz CT molecular complexity index is 574. The van der Waals surface area contributed by atoms with Gasteiger partial charge in [0.05, 0.1) is 6.54 Å². The number of hydrogen-bond acceptors (Lipinski definition) is 5. The number of amides is 1. The van der Waals surface area contributed by atoms with Crippen molar-refractivity contribution in [1.82, 2.24) is 4.90 Å². The first-order valence-electron chi connectivity index (χ1n) is 12.3. The Morgan fingerprint density at radius 2 is 1.45 bits per heavy atom.